The fourth-order valence-corrected chi connectivity index (χ4v) is 3.10. The van der Waals surface area contributed by atoms with Crippen LogP contribution in [0.5, 0.6) is 0 Å². The van der Waals surface area contributed by atoms with Gasteiger partial charge in [-0.05, 0) is 49.9 Å². The normalized spacial score (nSPS) is 11.8. The molecular weight excluding hydrogens is 314 g/mol. The second-order valence-corrected chi connectivity index (χ2v) is 6.57. The van der Waals surface area contributed by atoms with Crippen molar-refractivity contribution in [2.75, 3.05) is 6.54 Å². The van der Waals surface area contributed by atoms with Crippen molar-refractivity contribution in [3.05, 3.63) is 33.0 Å². The van der Waals surface area contributed by atoms with Crippen molar-refractivity contribution in [1.29, 1.82) is 0 Å². The highest BCUT2D eigenvalue weighted by Crippen LogP contribution is 2.38. The fraction of sp³-hybridized carbons (Fsp3) is 0.529. The minimum Gasteiger partial charge on any atom is -0.459 e. The van der Waals surface area contributed by atoms with E-state index in [2.05, 4.69) is 61.9 Å². The molecule has 2 nitrogen and oxygen atoms in total. The third-order valence-corrected chi connectivity index (χ3v) is 4.96. The highest BCUT2D eigenvalue weighted by atomic mass is 79.9. The third kappa shape index (κ3) is 2.79. The Bertz CT molecular complexity index is 613. The molecule has 1 heterocycles. The average Bonchev–Trinajstić information content (AvgIpc) is 2.75. The van der Waals surface area contributed by atoms with E-state index in [9.17, 15) is 0 Å². The maximum atomic E-state index is 6.14. The Morgan fingerprint density at radius 1 is 1.30 bits per heavy atom. The lowest BCUT2D eigenvalue weighted by Crippen LogP contribution is -2.14. The van der Waals surface area contributed by atoms with Gasteiger partial charge in [0.2, 0.25) is 0 Å². The summed E-state index contributed by atoms with van der Waals surface area (Å²) in [5.41, 5.74) is 4.88. The highest BCUT2D eigenvalue weighted by molar-refractivity contribution is 9.10. The number of hydrogen-bond donors (Lipinski definition) is 1. The Morgan fingerprint density at radius 3 is 2.60 bits per heavy atom. The van der Waals surface area contributed by atoms with Crippen LogP contribution in [0.1, 0.15) is 55.6 Å². The fourth-order valence-electron chi connectivity index (χ4n) is 2.79. The van der Waals surface area contributed by atoms with Crippen LogP contribution in [0.3, 0.4) is 0 Å². The summed E-state index contributed by atoms with van der Waals surface area (Å²) in [4.78, 5) is 0. The molecule has 20 heavy (non-hydrogen) atoms. The summed E-state index contributed by atoms with van der Waals surface area (Å²) in [5, 5.41) is 4.73. The molecule has 0 aliphatic rings. The van der Waals surface area contributed by atoms with Crippen molar-refractivity contribution in [2.45, 2.75) is 53.5 Å². The number of fused-ring (bicyclic) bond motifs is 1. The lowest BCUT2D eigenvalue weighted by atomic mass is 9.95. The molecule has 0 spiro atoms. The molecule has 0 fully saturated rings. The lowest BCUT2D eigenvalue weighted by molar-refractivity contribution is 0.504. The molecule has 2 rings (SSSR count). The number of halogens is 1. The molecule has 0 unspecified atom stereocenters. The van der Waals surface area contributed by atoms with Crippen LogP contribution >= 0.6 is 15.9 Å². The molecule has 3 heteroatoms. The Labute approximate surface area is 130 Å². The van der Waals surface area contributed by atoms with Crippen LogP contribution in [0.4, 0.5) is 0 Å². The molecule has 1 aromatic heterocycles. The van der Waals surface area contributed by atoms with E-state index in [0.29, 0.717) is 5.92 Å². The van der Waals surface area contributed by atoms with E-state index in [1.165, 1.54) is 26.5 Å². The number of nitrogens with one attached hydrogen (secondary N) is 1. The van der Waals surface area contributed by atoms with Gasteiger partial charge in [0.05, 0.1) is 6.54 Å². The minimum atomic E-state index is 0.461. The van der Waals surface area contributed by atoms with Crippen molar-refractivity contribution in [3.8, 4) is 0 Å². The first-order valence-electron chi connectivity index (χ1n) is 7.39. The van der Waals surface area contributed by atoms with Gasteiger partial charge in [-0.15, -0.1) is 0 Å². The molecule has 0 aliphatic heterocycles. The quantitative estimate of drug-likeness (QED) is 0.735. The molecule has 0 bridgehead atoms. The van der Waals surface area contributed by atoms with Gasteiger partial charge in [0.25, 0.3) is 0 Å². The van der Waals surface area contributed by atoms with Crippen LogP contribution in [-0.4, -0.2) is 6.54 Å². The number of aryl methyl sites for hydroxylation is 2. The Kier molecular flexibility index (Phi) is 4.92. The molecule has 0 saturated heterocycles. The monoisotopic (exact) mass is 337 g/mol. The van der Waals surface area contributed by atoms with Crippen molar-refractivity contribution < 1.29 is 4.42 Å². The van der Waals surface area contributed by atoms with E-state index in [1.54, 1.807) is 0 Å². The maximum absolute atomic E-state index is 6.14. The van der Waals surface area contributed by atoms with Gasteiger partial charge in [0.1, 0.15) is 11.3 Å². The maximum Gasteiger partial charge on any atom is 0.135 e. The zero-order valence-electron chi connectivity index (χ0n) is 13.1. The van der Waals surface area contributed by atoms with Crippen LogP contribution in [0, 0.1) is 13.8 Å². The molecule has 1 aromatic carbocycles. The molecule has 1 N–H and O–H groups in total. The van der Waals surface area contributed by atoms with Crippen LogP contribution in [-0.2, 0) is 6.54 Å². The average molecular weight is 338 g/mol. The number of benzene rings is 1. The molecule has 110 valence electrons. The minimum absolute atomic E-state index is 0.461. The molecule has 0 saturated carbocycles. The number of hydrogen-bond acceptors (Lipinski definition) is 2. The van der Waals surface area contributed by atoms with Crippen LogP contribution in [0.25, 0.3) is 11.0 Å². The van der Waals surface area contributed by atoms with E-state index in [1.807, 2.05) is 0 Å². The summed E-state index contributed by atoms with van der Waals surface area (Å²) in [7, 11) is 0. The molecule has 0 aliphatic carbocycles. The molecule has 2 aromatic rings. The number of rotatable bonds is 5. The Hall–Kier alpha value is -0.800. The predicted octanol–water partition coefficient (Wildman–Crippen LogP) is 5.44. The van der Waals surface area contributed by atoms with Gasteiger partial charge in [-0.1, -0.05) is 36.7 Å². The lowest BCUT2D eigenvalue weighted by Gasteiger charge is -2.10. The van der Waals surface area contributed by atoms with Gasteiger partial charge in [-0.3, -0.25) is 0 Å². The van der Waals surface area contributed by atoms with Crippen molar-refractivity contribution in [1.82, 2.24) is 5.32 Å². The molecular formula is C17H24BrNO. The third-order valence-electron chi connectivity index (χ3n) is 3.74. The number of furan rings is 1. The van der Waals surface area contributed by atoms with Crippen LogP contribution in [0.2, 0.25) is 0 Å². The second kappa shape index (κ2) is 6.31. The van der Waals surface area contributed by atoms with Crippen molar-refractivity contribution in [2.24, 2.45) is 0 Å². The summed E-state index contributed by atoms with van der Waals surface area (Å²) in [6, 6.07) is 2.14. The topological polar surface area (TPSA) is 25.2 Å². The van der Waals surface area contributed by atoms with E-state index in [4.69, 9.17) is 4.42 Å². The zero-order valence-corrected chi connectivity index (χ0v) is 14.6. The summed E-state index contributed by atoms with van der Waals surface area (Å²) >= 11 is 3.70. The van der Waals surface area contributed by atoms with Crippen LogP contribution < -0.4 is 5.32 Å². The van der Waals surface area contributed by atoms with Gasteiger partial charge in [0, 0.05) is 15.4 Å². The Morgan fingerprint density at radius 2 is 2.00 bits per heavy atom. The predicted molar refractivity (Wildman–Crippen MR) is 89.5 cm³/mol. The first-order valence-corrected chi connectivity index (χ1v) is 8.18. The summed E-state index contributed by atoms with van der Waals surface area (Å²) in [6.07, 6.45) is 1.14. The van der Waals surface area contributed by atoms with Gasteiger partial charge in [0.15, 0.2) is 0 Å². The first-order chi connectivity index (χ1) is 9.47. The van der Waals surface area contributed by atoms with E-state index < -0.39 is 0 Å². The zero-order chi connectivity index (χ0) is 14.9. The van der Waals surface area contributed by atoms with Gasteiger partial charge in [-0.2, -0.15) is 0 Å². The van der Waals surface area contributed by atoms with Gasteiger partial charge >= 0.3 is 0 Å². The van der Waals surface area contributed by atoms with Crippen molar-refractivity contribution in [3.63, 3.8) is 0 Å². The standard InChI is InChI=1S/C17H24BrNO/c1-6-7-19-9-14-15(10(2)3)16-12(5)17(18)11(4)8-13(16)20-14/h8,10,19H,6-7,9H2,1-5H3. The van der Waals surface area contributed by atoms with Crippen LogP contribution in [0.15, 0.2) is 15.0 Å². The second-order valence-electron chi connectivity index (χ2n) is 5.78. The Balaban J connectivity index is 2.58. The SMILES string of the molecule is CCCNCc1oc2cc(C)c(Br)c(C)c2c1C(C)C. The summed E-state index contributed by atoms with van der Waals surface area (Å²) in [5.74, 6) is 1.55. The van der Waals surface area contributed by atoms with E-state index >= 15 is 0 Å². The first kappa shape index (κ1) is 15.6. The van der Waals surface area contributed by atoms with Gasteiger partial charge < -0.3 is 9.73 Å². The highest BCUT2D eigenvalue weighted by Gasteiger charge is 2.20. The molecule has 0 atom stereocenters. The largest absolute Gasteiger partial charge is 0.459 e. The summed E-state index contributed by atoms with van der Waals surface area (Å²) in [6.45, 7) is 12.8. The van der Waals surface area contributed by atoms with Gasteiger partial charge in [-0.25, -0.2) is 0 Å². The smallest absolute Gasteiger partial charge is 0.135 e. The molecule has 0 radical (unpaired) electrons. The van der Waals surface area contributed by atoms with E-state index in [-0.39, 0.29) is 0 Å². The van der Waals surface area contributed by atoms with E-state index in [0.717, 1.165) is 30.9 Å². The molecule has 0 amide bonds. The summed E-state index contributed by atoms with van der Waals surface area (Å²) < 4.78 is 7.34. The van der Waals surface area contributed by atoms with Crippen molar-refractivity contribution >= 4 is 26.9 Å².